The fourth-order valence-electron chi connectivity index (χ4n) is 3.06. The van der Waals surface area contributed by atoms with Crippen LogP contribution >= 0.6 is 0 Å². The smallest absolute Gasteiger partial charge is 0.344 e. The zero-order valence-electron chi connectivity index (χ0n) is 17.3. The van der Waals surface area contributed by atoms with Crippen molar-refractivity contribution in [2.24, 2.45) is 0 Å². The molecule has 0 fully saturated rings. The van der Waals surface area contributed by atoms with Crippen LogP contribution in [0.25, 0.3) is 0 Å². The molecule has 0 atom stereocenters. The van der Waals surface area contributed by atoms with Gasteiger partial charge in [0.2, 0.25) is 0 Å². The average molecular weight is 369 g/mol. The molecule has 0 aromatic carbocycles. The molecule has 0 radical (unpaired) electrons. The van der Waals surface area contributed by atoms with Gasteiger partial charge in [0.1, 0.15) is 5.57 Å². The molecule has 0 amide bonds. The van der Waals surface area contributed by atoms with Gasteiger partial charge in [-0.25, -0.2) is 9.59 Å². The standard InChI is InChI=1S/C22H40O4/c1-4-5-6-7-8-9-10-11-12-13-14-15-16-17-18-19-20(21(23)25-2)22(24)26-3/h19H,4-18H2,1-3H3. The van der Waals surface area contributed by atoms with Gasteiger partial charge >= 0.3 is 11.9 Å². The Balaban J connectivity index is 3.51. The number of allylic oxidation sites excluding steroid dienone is 1. The summed E-state index contributed by atoms with van der Waals surface area (Å²) in [6.45, 7) is 2.26. The number of hydrogen-bond acceptors (Lipinski definition) is 4. The number of rotatable bonds is 17. The maximum absolute atomic E-state index is 11.5. The monoisotopic (exact) mass is 368 g/mol. The first kappa shape index (κ1) is 24.7. The van der Waals surface area contributed by atoms with E-state index in [4.69, 9.17) is 0 Å². The molecule has 0 aromatic rings. The van der Waals surface area contributed by atoms with Gasteiger partial charge in [0.05, 0.1) is 14.2 Å². The van der Waals surface area contributed by atoms with Gasteiger partial charge in [0.25, 0.3) is 0 Å². The Morgan fingerprint density at radius 1 is 0.615 bits per heavy atom. The van der Waals surface area contributed by atoms with Gasteiger partial charge in [0, 0.05) is 0 Å². The molecule has 0 bridgehead atoms. The van der Waals surface area contributed by atoms with Gasteiger partial charge in [-0.15, -0.1) is 0 Å². The Bertz CT molecular complexity index is 370. The summed E-state index contributed by atoms with van der Waals surface area (Å²) in [4.78, 5) is 23.0. The van der Waals surface area contributed by atoms with Gasteiger partial charge in [0.15, 0.2) is 0 Å². The molecule has 0 aliphatic rings. The number of unbranched alkanes of at least 4 members (excludes halogenated alkanes) is 14. The molecular weight excluding hydrogens is 328 g/mol. The lowest BCUT2D eigenvalue weighted by atomic mass is 10.0. The molecule has 26 heavy (non-hydrogen) atoms. The van der Waals surface area contributed by atoms with E-state index >= 15 is 0 Å². The molecular formula is C22H40O4. The molecule has 0 N–H and O–H groups in total. The second kappa shape index (κ2) is 18.5. The van der Waals surface area contributed by atoms with Crippen molar-refractivity contribution in [1.29, 1.82) is 0 Å². The van der Waals surface area contributed by atoms with E-state index in [1.54, 1.807) is 6.08 Å². The quantitative estimate of drug-likeness (QED) is 0.102. The van der Waals surface area contributed by atoms with Crippen LogP contribution in [0, 0.1) is 0 Å². The van der Waals surface area contributed by atoms with Gasteiger partial charge in [-0.1, -0.05) is 96.5 Å². The molecule has 0 saturated heterocycles. The molecule has 4 heteroatoms. The van der Waals surface area contributed by atoms with Crippen LogP contribution in [0.2, 0.25) is 0 Å². The Kier molecular flexibility index (Phi) is 17.5. The first-order valence-corrected chi connectivity index (χ1v) is 10.5. The fraction of sp³-hybridized carbons (Fsp3) is 0.818. The zero-order chi connectivity index (χ0) is 19.5. The molecule has 0 rings (SSSR count). The lowest BCUT2D eigenvalue weighted by Gasteiger charge is -2.04. The first-order chi connectivity index (χ1) is 12.7. The third-order valence-corrected chi connectivity index (χ3v) is 4.72. The topological polar surface area (TPSA) is 52.6 Å². The molecule has 0 aliphatic carbocycles. The highest BCUT2D eigenvalue weighted by atomic mass is 16.5. The van der Waals surface area contributed by atoms with Crippen molar-refractivity contribution in [3.8, 4) is 0 Å². The highest BCUT2D eigenvalue weighted by molar-refractivity contribution is 6.13. The predicted molar refractivity (Wildman–Crippen MR) is 107 cm³/mol. The summed E-state index contributed by atoms with van der Waals surface area (Å²) >= 11 is 0. The third kappa shape index (κ3) is 13.9. The van der Waals surface area contributed by atoms with Crippen molar-refractivity contribution in [2.45, 2.75) is 103 Å². The average Bonchev–Trinajstić information content (AvgIpc) is 2.66. The van der Waals surface area contributed by atoms with Crippen LogP contribution in [-0.2, 0) is 19.1 Å². The number of methoxy groups -OCH3 is 2. The lowest BCUT2D eigenvalue weighted by Crippen LogP contribution is -2.15. The van der Waals surface area contributed by atoms with Crippen molar-refractivity contribution < 1.29 is 19.1 Å². The van der Waals surface area contributed by atoms with E-state index in [9.17, 15) is 9.59 Å². The number of hydrogen-bond donors (Lipinski definition) is 0. The maximum atomic E-state index is 11.5. The van der Waals surface area contributed by atoms with E-state index in [0.717, 1.165) is 12.8 Å². The van der Waals surface area contributed by atoms with E-state index in [-0.39, 0.29) is 5.57 Å². The first-order valence-electron chi connectivity index (χ1n) is 10.5. The maximum Gasteiger partial charge on any atom is 0.344 e. The number of carbonyl (C=O) groups is 2. The normalized spacial score (nSPS) is 10.4. The second-order valence-corrected chi connectivity index (χ2v) is 6.99. The molecule has 0 saturated carbocycles. The summed E-state index contributed by atoms with van der Waals surface area (Å²) in [5, 5.41) is 0. The number of ether oxygens (including phenoxy) is 2. The van der Waals surface area contributed by atoms with Crippen LogP contribution in [0.3, 0.4) is 0 Å². The number of carbonyl (C=O) groups excluding carboxylic acids is 2. The van der Waals surface area contributed by atoms with Crippen LogP contribution in [0.15, 0.2) is 11.6 Å². The summed E-state index contributed by atoms with van der Waals surface area (Å²) in [6, 6.07) is 0. The Hall–Kier alpha value is -1.32. The predicted octanol–water partition coefficient (Wildman–Crippen LogP) is 6.13. The molecule has 0 aliphatic heterocycles. The van der Waals surface area contributed by atoms with Crippen molar-refractivity contribution >= 4 is 11.9 Å². The SMILES string of the molecule is CCCCCCCCCCCCCCCCC=C(C(=O)OC)C(=O)OC. The zero-order valence-corrected chi connectivity index (χ0v) is 17.3. The molecule has 152 valence electrons. The minimum Gasteiger partial charge on any atom is -0.465 e. The number of esters is 2. The summed E-state index contributed by atoms with van der Waals surface area (Å²) < 4.78 is 9.20. The summed E-state index contributed by atoms with van der Waals surface area (Å²) in [5.41, 5.74) is 0.00435. The van der Waals surface area contributed by atoms with Crippen LogP contribution in [0.5, 0.6) is 0 Å². The van der Waals surface area contributed by atoms with Crippen LogP contribution in [0.1, 0.15) is 103 Å². The minimum atomic E-state index is -0.623. The Labute approximate surface area is 160 Å². The van der Waals surface area contributed by atoms with Crippen LogP contribution < -0.4 is 0 Å². The van der Waals surface area contributed by atoms with Crippen molar-refractivity contribution in [1.82, 2.24) is 0 Å². The molecule has 0 unspecified atom stereocenters. The summed E-state index contributed by atoms with van der Waals surface area (Å²) in [5.74, 6) is -1.25. The van der Waals surface area contributed by atoms with Crippen molar-refractivity contribution in [3.05, 3.63) is 11.6 Å². The van der Waals surface area contributed by atoms with Crippen molar-refractivity contribution in [2.75, 3.05) is 14.2 Å². The largest absolute Gasteiger partial charge is 0.465 e. The Morgan fingerprint density at radius 2 is 0.962 bits per heavy atom. The van der Waals surface area contributed by atoms with Gasteiger partial charge in [-0.2, -0.15) is 0 Å². The molecule has 4 nitrogen and oxygen atoms in total. The van der Waals surface area contributed by atoms with E-state index < -0.39 is 11.9 Å². The van der Waals surface area contributed by atoms with E-state index in [0.29, 0.717) is 6.42 Å². The van der Waals surface area contributed by atoms with E-state index in [1.165, 1.54) is 91.3 Å². The van der Waals surface area contributed by atoms with E-state index in [1.807, 2.05) is 0 Å². The van der Waals surface area contributed by atoms with Crippen LogP contribution in [-0.4, -0.2) is 26.2 Å². The van der Waals surface area contributed by atoms with Crippen LogP contribution in [0.4, 0.5) is 0 Å². The summed E-state index contributed by atoms with van der Waals surface area (Å²) in [6.07, 6.45) is 20.7. The van der Waals surface area contributed by atoms with Gasteiger partial charge in [-0.3, -0.25) is 0 Å². The van der Waals surface area contributed by atoms with E-state index in [2.05, 4.69) is 16.4 Å². The fourth-order valence-corrected chi connectivity index (χ4v) is 3.06. The molecule has 0 heterocycles. The summed E-state index contributed by atoms with van der Waals surface area (Å²) in [7, 11) is 2.54. The van der Waals surface area contributed by atoms with Gasteiger partial charge < -0.3 is 9.47 Å². The van der Waals surface area contributed by atoms with Gasteiger partial charge in [-0.05, 0) is 12.8 Å². The molecule has 0 aromatic heterocycles. The highest BCUT2D eigenvalue weighted by Gasteiger charge is 2.18. The second-order valence-electron chi connectivity index (χ2n) is 6.99. The Morgan fingerprint density at radius 3 is 1.31 bits per heavy atom. The minimum absolute atomic E-state index is 0.00435. The third-order valence-electron chi connectivity index (χ3n) is 4.72. The lowest BCUT2D eigenvalue weighted by molar-refractivity contribution is -0.144. The van der Waals surface area contributed by atoms with Crippen molar-refractivity contribution in [3.63, 3.8) is 0 Å². The highest BCUT2D eigenvalue weighted by Crippen LogP contribution is 2.14. The molecule has 0 spiro atoms.